The number of rotatable bonds is 6. The molecule has 17 heavy (non-hydrogen) atoms. The summed E-state index contributed by atoms with van der Waals surface area (Å²) in [5, 5.41) is 13.9. The Bertz CT molecular complexity index is 375. The zero-order valence-electron chi connectivity index (χ0n) is 9.52. The van der Waals surface area contributed by atoms with E-state index >= 15 is 0 Å². The van der Waals surface area contributed by atoms with E-state index in [0.717, 1.165) is 38.3 Å². The Morgan fingerprint density at radius 3 is 3.24 bits per heavy atom. The standard InChI is InChI=1S/C11H16N2O3S/c14-11(15)10-13-9(7-17-10)5-12-3-1-8-2-4-16-6-8/h7-8,12H,1-6H2,(H,14,15). The van der Waals surface area contributed by atoms with E-state index in [2.05, 4.69) is 10.3 Å². The SMILES string of the molecule is O=C(O)c1nc(CNCCC2CCOC2)cs1. The molecule has 1 atom stereocenters. The Hall–Kier alpha value is -0.980. The first-order valence-electron chi connectivity index (χ1n) is 5.72. The predicted molar refractivity (Wildman–Crippen MR) is 64.3 cm³/mol. The van der Waals surface area contributed by atoms with Crippen LogP contribution in [0.3, 0.4) is 0 Å². The van der Waals surface area contributed by atoms with Crippen molar-refractivity contribution in [2.45, 2.75) is 19.4 Å². The predicted octanol–water partition coefficient (Wildman–Crippen LogP) is 1.36. The third-order valence-corrected chi connectivity index (χ3v) is 3.67. The van der Waals surface area contributed by atoms with Crippen LogP contribution in [0.4, 0.5) is 0 Å². The maximum Gasteiger partial charge on any atom is 0.365 e. The second-order valence-electron chi connectivity index (χ2n) is 4.14. The van der Waals surface area contributed by atoms with Crippen LogP contribution in [0.2, 0.25) is 0 Å². The molecule has 1 aliphatic heterocycles. The van der Waals surface area contributed by atoms with Crippen molar-refractivity contribution in [3.05, 3.63) is 16.1 Å². The van der Waals surface area contributed by atoms with E-state index in [-0.39, 0.29) is 5.01 Å². The highest BCUT2D eigenvalue weighted by Gasteiger charge is 2.14. The van der Waals surface area contributed by atoms with Gasteiger partial charge in [0.05, 0.1) is 5.69 Å². The van der Waals surface area contributed by atoms with Crippen LogP contribution in [0.25, 0.3) is 0 Å². The number of hydrogen-bond donors (Lipinski definition) is 2. The number of thiazole rings is 1. The molecule has 0 amide bonds. The summed E-state index contributed by atoms with van der Waals surface area (Å²) in [6.07, 6.45) is 2.26. The van der Waals surface area contributed by atoms with Gasteiger partial charge in [-0.05, 0) is 25.3 Å². The lowest BCUT2D eigenvalue weighted by Crippen LogP contribution is -2.18. The van der Waals surface area contributed by atoms with Crippen LogP contribution in [0, 0.1) is 5.92 Å². The van der Waals surface area contributed by atoms with Crippen molar-refractivity contribution < 1.29 is 14.6 Å². The fraction of sp³-hybridized carbons (Fsp3) is 0.636. The molecule has 2 N–H and O–H groups in total. The molecule has 2 heterocycles. The third-order valence-electron chi connectivity index (χ3n) is 2.79. The Morgan fingerprint density at radius 2 is 2.59 bits per heavy atom. The maximum atomic E-state index is 10.6. The largest absolute Gasteiger partial charge is 0.476 e. The zero-order chi connectivity index (χ0) is 12.1. The fourth-order valence-electron chi connectivity index (χ4n) is 1.82. The quantitative estimate of drug-likeness (QED) is 0.752. The number of aromatic nitrogens is 1. The monoisotopic (exact) mass is 256 g/mol. The molecule has 1 aromatic heterocycles. The lowest BCUT2D eigenvalue weighted by molar-refractivity contribution is 0.0696. The van der Waals surface area contributed by atoms with Gasteiger partial charge in [-0.2, -0.15) is 0 Å². The molecule has 0 aliphatic carbocycles. The number of carboxylic acid groups (broad SMARTS) is 1. The molecular formula is C11H16N2O3S. The molecule has 1 aliphatic rings. The number of nitrogens with zero attached hydrogens (tertiary/aromatic N) is 1. The van der Waals surface area contributed by atoms with Crippen LogP contribution in [0.5, 0.6) is 0 Å². The Labute approximate surface area is 104 Å². The molecule has 0 saturated carbocycles. The first kappa shape index (κ1) is 12.5. The van der Waals surface area contributed by atoms with Crippen molar-refractivity contribution in [3.8, 4) is 0 Å². The molecule has 0 radical (unpaired) electrons. The number of ether oxygens (including phenoxy) is 1. The van der Waals surface area contributed by atoms with E-state index in [1.807, 2.05) is 0 Å². The second-order valence-corrected chi connectivity index (χ2v) is 5.00. The lowest BCUT2D eigenvalue weighted by Gasteiger charge is -2.07. The summed E-state index contributed by atoms with van der Waals surface area (Å²) in [6.45, 7) is 3.32. The number of hydrogen-bond acceptors (Lipinski definition) is 5. The van der Waals surface area contributed by atoms with Gasteiger partial charge in [-0.25, -0.2) is 9.78 Å². The molecule has 1 saturated heterocycles. The van der Waals surface area contributed by atoms with E-state index in [4.69, 9.17) is 9.84 Å². The third kappa shape index (κ3) is 3.76. The first-order chi connectivity index (χ1) is 8.25. The molecule has 1 fully saturated rings. The number of carbonyl (C=O) groups is 1. The van der Waals surface area contributed by atoms with Crippen LogP contribution in [0.15, 0.2) is 5.38 Å². The van der Waals surface area contributed by atoms with Crippen molar-refractivity contribution in [1.82, 2.24) is 10.3 Å². The van der Waals surface area contributed by atoms with Crippen LogP contribution < -0.4 is 5.32 Å². The molecule has 0 aromatic carbocycles. The summed E-state index contributed by atoms with van der Waals surface area (Å²) in [5.41, 5.74) is 0.801. The minimum Gasteiger partial charge on any atom is -0.476 e. The molecule has 5 nitrogen and oxygen atoms in total. The van der Waals surface area contributed by atoms with Crippen molar-refractivity contribution in [1.29, 1.82) is 0 Å². The highest BCUT2D eigenvalue weighted by Crippen LogP contribution is 2.15. The van der Waals surface area contributed by atoms with Gasteiger partial charge in [-0.1, -0.05) is 0 Å². The molecule has 6 heteroatoms. The topological polar surface area (TPSA) is 71.5 Å². The smallest absolute Gasteiger partial charge is 0.365 e. The van der Waals surface area contributed by atoms with Gasteiger partial charge in [-0.15, -0.1) is 11.3 Å². The van der Waals surface area contributed by atoms with Crippen LogP contribution in [0.1, 0.15) is 28.3 Å². The molecule has 2 rings (SSSR count). The Balaban J connectivity index is 1.65. The van der Waals surface area contributed by atoms with E-state index in [0.29, 0.717) is 12.5 Å². The second kappa shape index (κ2) is 6.09. The zero-order valence-corrected chi connectivity index (χ0v) is 10.3. The van der Waals surface area contributed by atoms with Gasteiger partial charge in [0.25, 0.3) is 0 Å². The molecule has 0 bridgehead atoms. The highest BCUT2D eigenvalue weighted by molar-refractivity contribution is 7.11. The lowest BCUT2D eigenvalue weighted by atomic mass is 10.1. The molecule has 94 valence electrons. The summed E-state index contributed by atoms with van der Waals surface area (Å²) in [4.78, 5) is 14.6. The van der Waals surface area contributed by atoms with Gasteiger partial charge in [0.15, 0.2) is 0 Å². The summed E-state index contributed by atoms with van der Waals surface area (Å²) in [6, 6.07) is 0. The molecular weight excluding hydrogens is 240 g/mol. The number of aromatic carboxylic acids is 1. The molecule has 1 unspecified atom stereocenters. The van der Waals surface area contributed by atoms with Crippen molar-refractivity contribution in [2.24, 2.45) is 5.92 Å². The highest BCUT2D eigenvalue weighted by atomic mass is 32.1. The van der Waals surface area contributed by atoms with E-state index in [1.54, 1.807) is 5.38 Å². The summed E-state index contributed by atoms with van der Waals surface area (Å²) in [7, 11) is 0. The van der Waals surface area contributed by atoms with Crippen LogP contribution >= 0.6 is 11.3 Å². The average Bonchev–Trinajstić information content (AvgIpc) is 2.96. The van der Waals surface area contributed by atoms with Crippen molar-refractivity contribution in [3.63, 3.8) is 0 Å². The minimum absolute atomic E-state index is 0.158. The Kier molecular flexibility index (Phi) is 4.47. The maximum absolute atomic E-state index is 10.6. The fourth-order valence-corrected chi connectivity index (χ4v) is 2.47. The van der Waals surface area contributed by atoms with Crippen molar-refractivity contribution >= 4 is 17.3 Å². The van der Waals surface area contributed by atoms with Gasteiger partial charge in [0, 0.05) is 25.1 Å². The van der Waals surface area contributed by atoms with Gasteiger partial charge in [-0.3, -0.25) is 0 Å². The first-order valence-corrected chi connectivity index (χ1v) is 6.60. The van der Waals surface area contributed by atoms with Crippen molar-refractivity contribution in [2.75, 3.05) is 19.8 Å². The number of carboxylic acids is 1. The molecule has 1 aromatic rings. The van der Waals surface area contributed by atoms with Gasteiger partial charge in [0.1, 0.15) is 0 Å². The van der Waals surface area contributed by atoms with Crippen LogP contribution in [-0.2, 0) is 11.3 Å². The minimum atomic E-state index is -0.954. The normalized spacial score (nSPS) is 19.6. The van der Waals surface area contributed by atoms with Gasteiger partial charge in [0.2, 0.25) is 5.01 Å². The Morgan fingerprint density at radius 1 is 1.71 bits per heavy atom. The summed E-state index contributed by atoms with van der Waals surface area (Å²) < 4.78 is 5.30. The van der Waals surface area contributed by atoms with E-state index in [9.17, 15) is 4.79 Å². The van der Waals surface area contributed by atoms with Crippen LogP contribution in [-0.4, -0.2) is 35.8 Å². The van der Waals surface area contributed by atoms with Gasteiger partial charge >= 0.3 is 5.97 Å². The van der Waals surface area contributed by atoms with Gasteiger partial charge < -0.3 is 15.2 Å². The van der Waals surface area contributed by atoms with E-state index < -0.39 is 5.97 Å². The summed E-state index contributed by atoms with van der Waals surface area (Å²) in [5.74, 6) is -0.281. The average molecular weight is 256 g/mol. The summed E-state index contributed by atoms with van der Waals surface area (Å²) >= 11 is 1.17. The molecule has 0 spiro atoms. The number of nitrogens with one attached hydrogen (secondary N) is 1. The van der Waals surface area contributed by atoms with E-state index in [1.165, 1.54) is 11.3 Å².